The highest BCUT2D eigenvalue weighted by atomic mass is 16.5. The van der Waals surface area contributed by atoms with Crippen molar-refractivity contribution in [3.05, 3.63) is 47.7 Å². The quantitative estimate of drug-likeness (QED) is 0.690. The Labute approximate surface area is 196 Å². The van der Waals surface area contributed by atoms with Crippen LogP contribution < -0.4 is 0 Å². The third-order valence-electron chi connectivity index (χ3n) is 7.65. The maximum atomic E-state index is 13.6. The first-order chi connectivity index (χ1) is 15.9. The van der Waals surface area contributed by atoms with Gasteiger partial charge < -0.3 is 14.5 Å². The van der Waals surface area contributed by atoms with Crippen LogP contribution in [0.2, 0.25) is 0 Å². The van der Waals surface area contributed by atoms with Gasteiger partial charge in [-0.2, -0.15) is 5.26 Å². The second-order valence-corrected chi connectivity index (χ2v) is 9.58. The Balaban J connectivity index is 1.63. The molecule has 1 aromatic rings. The zero-order chi connectivity index (χ0) is 23.6. The highest BCUT2D eigenvalue weighted by Crippen LogP contribution is 2.49. The van der Waals surface area contributed by atoms with E-state index in [1.165, 1.54) is 5.56 Å². The van der Waals surface area contributed by atoms with Crippen molar-refractivity contribution in [3.63, 3.8) is 0 Å². The first-order valence-corrected chi connectivity index (χ1v) is 11.6. The molecule has 0 atom stereocenters. The number of nitriles is 1. The van der Waals surface area contributed by atoms with Crippen molar-refractivity contribution in [2.45, 2.75) is 36.8 Å². The number of hydrogen-bond donors (Lipinski definition) is 0. The summed E-state index contributed by atoms with van der Waals surface area (Å²) in [7, 11) is 7.87. The molecule has 4 rings (SSSR count). The van der Waals surface area contributed by atoms with Gasteiger partial charge in [0, 0.05) is 32.4 Å². The van der Waals surface area contributed by atoms with Crippen LogP contribution in [0.1, 0.15) is 31.2 Å². The fraction of sp³-hybridized carbons (Fsp3) is 0.560. The summed E-state index contributed by atoms with van der Waals surface area (Å²) < 4.78 is 5.36. The Morgan fingerprint density at radius 2 is 1.88 bits per heavy atom. The molecule has 1 saturated carbocycles. The van der Waals surface area contributed by atoms with Crippen LogP contribution in [0.4, 0.5) is 4.79 Å². The summed E-state index contributed by atoms with van der Waals surface area (Å²) >= 11 is 0. The first-order valence-electron chi connectivity index (χ1n) is 11.6. The first kappa shape index (κ1) is 23.3. The molecule has 2 aliphatic heterocycles. The lowest BCUT2D eigenvalue weighted by Gasteiger charge is -2.51. The van der Waals surface area contributed by atoms with E-state index in [0.717, 1.165) is 25.7 Å². The number of carbonyl (C=O) groups is 1. The molecule has 8 heteroatoms. The predicted molar refractivity (Wildman–Crippen MR) is 127 cm³/mol. The summed E-state index contributed by atoms with van der Waals surface area (Å²) in [6.45, 7) is 2.12. The van der Waals surface area contributed by atoms with E-state index in [0.29, 0.717) is 37.8 Å². The molecule has 8 nitrogen and oxygen atoms in total. The average Bonchev–Trinajstić information content (AvgIpc) is 3.09. The molecule has 2 amide bonds. The largest absolute Gasteiger partial charge is 0.383 e. The summed E-state index contributed by atoms with van der Waals surface area (Å²) in [5.41, 5.74) is 1.63. The van der Waals surface area contributed by atoms with Crippen LogP contribution in [-0.2, 0) is 10.3 Å². The van der Waals surface area contributed by atoms with Crippen LogP contribution in [-0.4, -0.2) is 91.6 Å². The lowest BCUT2D eigenvalue weighted by atomic mass is 9.68. The summed E-state index contributed by atoms with van der Waals surface area (Å²) in [5, 5.41) is 9.22. The number of amides is 2. The minimum Gasteiger partial charge on any atom is -0.383 e. The van der Waals surface area contributed by atoms with E-state index in [1.54, 1.807) is 18.2 Å². The number of methoxy groups -OCH3 is 1. The molecule has 0 aromatic heterocycles. The highest BCUT2D eigenvalue weighted by Gasteiger charge is 2.55. The molecule has 176 valence electrons. The van der Waals surface area contributed by atoms with Gasteiger partial charge in [0.25, 0.3) is 0 Å². The van der Waals surface area contributed by atoms with E-state index in [9.17, 15) is 10.1 Å². The predicted octanol–water partition coefficient (Wildman–Crippen LogP) is 2.85. The van der Waals surface area contributed by atoms with Gasteiger partial charge in [0.1, 0.15) is 0 Å². The number of benzene rings is 1. The second kappa shape index (κ2) is 9.16. The normalized spacial score (nSPS) is 27.8. The minimum absolute atomic E-state index is 0.0245. The van der Waals surface area contributed by atoms with Crippen LogP contribution in [0.25, 0.3) is 0 Å². The van der Waals surface area contributed by atoms with Crippen LogP contribution in [0, 0.1) is 11.3 Å². The van der Waals surface area contributed by atoms with Crippen molar-refractivity contribution in [2.75, 3.05) is 54.5 Å². The number of hydrogen-bond acceptors (Lipinski definition) is 6. The van der Waals surface area contributed by atoms with Gasteiger partial charge >= 0.3 is 6.03 Å². The Bertz CT molecular complexity index is 972. The highest BCUT2D eigenvalue weighted by molar-refractivity contribution is 5.99. The molecule has 0 unspecified atom stereocenters. The molecular weight excluding hydrogens is 416 g/mol. The van der Waals surface area contributed by atoms with Gasteiger partial charge in [-0.3, -0.25) is 9.80 Å². The average molecular weight is 451 g/mol. The van der Waals surface area contributed by atoms with Gasteiger partial charge in [-0.1, -0.05) is 30.3 Å². The zero-order valence-electron chi connectivity index (χ0n) is 20.1. The Morgan fingerprint density at radius 1 is 1.18 bits per heavy atom. The van der Waals surface area contributed by atoms with Crippen molar-refractivity contribution >= 4 is 12.0 Å². The smallest absolute Gasteiger partial charge is 0.327 e. The van der Waals surface area contributed by atoms with Crippen LogP contribution in [0.5, 0.6) is 0 Å². The number of carbonyl (C=O) groups excluding carboxylic acids is 1. The third kappa shape index (κ3) is 4.00. The maximum absolute atomic E-state index is 13.6. The molecule has 0 bridgehead atoms. The summed E-state index contributed by atoms with van der Waals surface area (Å²) in [5.74, 6) is 0.616. The molecule has 2 heterocycles. The van der Waals surface area contributed by atoms with E-state index < -0.39 is 0 Å². The number of ether oxygens (including phenoxy) is 1. The molecule has 0 N–H and O–H groups in total. The van der Waals surface area contributed by atoms with Gasteiger partial charge in [0.2, 0.25) is 5.96 Å². The fourth-order valence-electron chi connectivity index (χ4n) is 5.71. The van der Waals surface area contributed by atoms with Gasteiger partial charge in [-0.25, -0.2) is 9.79 Å². The number of nitrogens with zero attached hydrogens (tertiary/aromatic N) is 6. The van der Waals surface area contributed by atoms with Crippen molar-refractivity contribution in [3.8, 4) is 6.07 Å². The Kier molecular flexibility index (Phi) is 6.46. The lowest BCUT2D eigenvalue weighted by molar-refractivity contribution is 0.0180. The fourth-order valence-corrected chi connectivity index (χ4v) is 5.71. The summed E-state index contributed by atoms with van der Waals surface area (Å²) in [4.78, 5) is 26.2. The number of urea groups is 1. The van der Waals surface area contributed by atoms with E-state index in [-0.39, 0.29) is 17.1 Å². The van der Waals surface area contributed by atoms with Gasteiger partial charge in [-0.05, 0) is 45.3 Å². The van der Waals surface area contributed by atoms with Gasteiger partial charge in [0.15, 0.2) is 0 Å². The topological polar surface area (TPSA) is 75.4 Å². The molecule has 1 spiro atoms. The van der Waals surface area contributed by atoms with Crippen molar-refractivity contribution in [2.24, 2.45) is 4.99 Å². The molecule has 2 fully saturated rings. The molecule has 33 heavy (non-hydrogen) atoms. The van der Waals surface area contributed by atoms with Crippen molar-refractivity contribution in [1.82, 2.24) is 19.6 Å². The monoisotopic (exact) mass is 450 g/mol. The molecule has 0 radical (unpaired) electrons. The zero-order valence-corrected chi connectivity index (χ0v) is 20.1. The second-order valence-electron chi connectivity index (χ2n) is 9.58. The maximum Gasteiger partial charge on any atom is 0.327 e. The SMILES string of the molecule is COCCN1C(=O)N(C2=NC=C(C#N)CN2C)CC12CCC(c1ccccc1)(N(C)C)CC2. The van der Waals surface area contributed by atoms with Crippen molar-refractivity contribution in [1.29, 1.82) is 5.26 Å². The van der Waals surface area contributed by atoms with Crippen LogP contribution >= 0.6 is 0 Å². The van der Waals surface area contributed by atoms with E-state index in [2.05, 4.69) is 60.4 Å². The van der Waals surface area contributed by atoms with E-state index in [1.807, 2.05) is 16.8 Å². The summed E-state index contributed by atoms with van der Waals surface area (Å²) in [6.07, 6.45) is 5.33. The number of guanidine groups is 1. The minimum atomic E-state index is -0.257. The van der Waals surface area contributed by atoms with Crippen LogP contribution in [0.15, 0.2) is 47.1 Å². The molecule has 3 aliphatic rings. The molecular formula is C25H34N6O2. The molecule has 1 aromatic carbocycles. The Morgan fingerprint density at radius 3 is 2.45 bits per heavy atom. The standard InChI is InChI=1S/C25H34N6O2/c1-28(2)25(21-8-6-5-7-9-21)12-10-24(11-13-25)19-30(23(32)31(24)14-15-33-4)22-27-17-20(16-26)18-29(22)3/h5-9,17H,10-15,18-19H2,1-4H3. The van der Waals surface area contributed by atoms with Crippen LogP contribution in [0.3, 0.4) is 0 Å². The molecule has 1 saturated heterocycles. The number of aliphatic imine (C=N–C) groups is 1. The molecule has 1 aliphatic carbocycles. The van der Waals surface area contributed by atoms with Crippen molar-refractivity contribution < 1.29 is 9.53 Å². The van der Waals surface area contributed by atoms with E-state index >= 15 is 0 Å². The Hall–Kier alpha value is -2.89. The number of likely N-dealkylation sites (N-methyl/N-ethyl adjacent to an activating group) is 1. The van der Waals surface area contributed by atoms with Gasteiger partial charge in [0.05, 0.1) is 36.9 Å². The lowest BCUT2D eigenvalue weighted by Crippen LogP contribution is -2.56. The van der Waals surface area contributed by atoms with Gasteiger partial charge in [-0.15, -0.1) is 0 Å². The number of rotatable bonds is 5. The summed E-state index contributed by atoms with van der Waals surface area (Å²) in [6, 6.07) is 12.9. The van der Waals surface area contributed by atoms with E-state index in [4.69, 9.17) is 4.74 Å². The third-order valence-corrected chi connectivity index (χ3v) is 7.65.